The van der Waals surface area contributed by atoms with E-state index in [1.54, 1.807) is 17.8 Å². The van der Waals surface area contributed by atoms with E-state index in [9.17, 15) is 10.1 Å². The average Bonchev–Trinajstić information content (AvgIpc) is 2.75. The van der Waals surface area contributed by atoms with E-state index in [-0.39, 0.29) is 11.6 Å². The Hall–Kier alpha value is -3.00. The van der Waals surface area contributed by atoms with Gasteiger partial charge in [0.15, 0.2) is 0 Å². The molecule has 0 aliphatic carbocycles. The van der Waals surface area contributed by atoms with Crippen molar-refractivity contribution in [3.05, 3.63) is 101 Å². The number of hydrogen-bond acceptors (Lipinski definition) is 3. The molecular weight excluding hydrogens is 400 g/mol. The lowest BCUT2D eigenvalue weighted by Gasteiger charge is -2.14. The molecule has 0 aliphatic heterocycles. The molecule has 1 atom stereocenters. The molecule has 0 bridgehead atoms. The van der Waals surface area contributed by atoms with Gasteiger partial charge in [-0.25, -0.2) is 0 Å². The molecule has 5 heteroatoms. The zero-order valence-corrected chi connectivity index (χ0v) is 17.4. The normalized spacial score (nSPS) is 12.1. The van der Waals surface area contributed by atoms with Crippen LogP contribution < -0.4 is 5.32 Å². The van der Waals surface area contributed by atoms with Crippen molar-refractivity contribution >= 4 is 35.3 Å². The summed E-state index contributed by atoms with van der Waals surface area (Å²) in [4.78, 5) is 14.6. The van der Waals surface area contributed by atoms with Crippen LogP contribution in [0.5, 0.6) is 0 Å². The van der Waals surface area contributed by atoms with Gasteiger partial charge < -0.3 is 5.32 Å². The zero-order valence-electron chi connectivity index (χ0n) is 15.8. The van der Waals surface area contributed by atoms with E-state index in [2.05, 4.69) is 5.32 Å². The van der Waals surface area contributed by atoms with Gasteiger partial charge in [-0.2, -0.15) is 5.26 Å². The highest BCUT2D eigenvalue weighted by molar-refractivity contribution is 7.99. The molecule has 0 heterocycles. The SMILES string of the molecule is C[C@@H](NC(=O)/C(C#N)=C/c1ccccc1Sc1ccc(Cl)cc1)c1ccccc1. The highest BCUT2D eigenvalue weighted by Gasteiger charge is 2.14. The number of halogens is 1. The van der Waals surface area contributed by atoms with Gasteiger partial charge in [0.1, 0.15) is 11.6 Å². The molecule has 3 aromatic carbocycles. The predicted octanol–water partition coefficient (Wildman–Crippen LogP) is 6.28. The third kappa shape index (κ3) is 5.74. The van der Waals surface area contributed by atoms with Gasteiger partial charge in [-0.3, -0.25) is 4.79 Å². The van der Waals surface area contributed by atoms with E-state index in [1.165, 1.54) is 0 Å². The Labute approximate surface area is 180 Å². The van der Waals surface area contributed by atoms with Gasteiger partial charge in [-0.05, 0) is 54.5 Å². The second-order valence-electron chi connectivity index (χ2n) is 6.37. The van der Waals surface area contributed by atoms with E-state index in [1.807, 2.05) is 91.9 Å². The van der Waals surface area contributed by atoms with Gasteiger partial charge >= 0.3 is 0 Å². The van der Waals surface area contributed by atoms with Crippen LogP contribution in [0.3, 0.4) is 0 Å². The van der Waals surface area contributed by atoms with Gasteiger partial charge in [0.25, 0.3) is 5.91 Å². The first-order valence-electron chi connectivity index (χ1n) is 9.07. The van der Waals surface area contributed by atoms with Crippen molar-refractivity contribution in [3.63, 3.8) is 0 Å². The second kappa shape index (κ2) is 9.97. The van der Waals surface area contributed by atoms with Crippen molar-refractivity contribution in [1.82, 2.24) is 5.32 Å². The van der Waals surface area contributed by atoms with Crippen LogP contribution in [0, 0.1) is 11.3 Å². The first kappa shape index (κ1) is 20.7. The minimum Gasteiger partial charge on any atom is -0.345 e. The van der Waals surface area contributed by atoms with Crippen LogP contribution in [0.15, 0.2) is 94.2 Å². The molecule has 0 spiro atoms. The number of carbonyl (C=O) groups excluding carboxylic acids is 1. The van der Waals surface area contributed by atoms with Crippen LogP contribution in [-0.4, -0.2) is 5.91 Å². The molecule has 3 aromatic rings. The summed E-state index contributed by atoms with van der Waals surface area (Å²) in [5, 5.41) is 13.1. The number of amides is 1. The maximum Gasteiger partial charge on any atom is 0.262 e. The smallest absolute Gasteiger partial charge is 0.262 e. The molecule has 144 valence electrons. The Balaban J connectivity index is 1.81. The Morgan fingerprint density at radius 1 is 1.03 bits per heavy atom. The van der Waals surface area contributed by atoms with Gasteiger partial charge in [0.05, 0.1) is 6.04 Å². The van der Waals surface area contributed by atoms with Crippen LogP contribution in [0.1, 0.15) is 24.1 Å². The minimum atomic E-state index is -0.393. The monoisotopic (exact) mass is 418 g/mol. The molecule has 3 nitrogen and oxygen atoms in total. The highest BCUT2D eigenvalue weighted by atomic mass is 35.5. The Bertz CT molecular complexity index is 1060. The number of nitrogens with zero attached hydrogens (tertiary/aromatic N) is 1. The topological polar surface area (TPSA) is 52.9 Å². The Morgan fingerprint density at radius 2 is 1.69 bits per heavy atom. The third-order valence-electron chi connectivity index (χ3n) is 4.27. The number of rotatable bonds is 6. The van der Waals surface area contributed by atoms with E-state index >= 15 is 0 Å². The van der Waals surface area contributed by atoms with Gasteiger partial charge in [-0.15, -0.1) is 0 Å². The summed E-state index contributed by atoms with van der Waals surface area (Å²) >= 11 is 7.51. The maximum absolute atomic E-state index is 12.6. The quantitative estimate of drug-likeness (QED) is 0.378. The van der Waals surface area contributed by atoms with Crippen molar-refractivity contribution < 1.29 is 4.79 Å². The van der Waals surface area contributed by atoms with Crippen molar-refractivity contribution in [2.24, 2.45) is 0 Å². The molecule has 29 heavy (non-hydrogen) atoms. The van der Waals surface area contributed by atoms with Crippen molar-refractivity contribution in [2.75, 3.05) is 0 Å². The van der Waals surface area contributed by atoms with Crippen molar-refractivity contribution in [3.8, 4) is 6.07 Å². The predicted molar refractivity (Wildman–Crippen MR) is 119 cm³/mol. The number of benzene rings is 3. The number of nitrogens with one attached hydrogen (secondary N) is 1. The fourth-order valence-corrected chi connectivity index (χ4v) is 3.77. The third-order valence-corrected chi connectivity index (χ3v) is 5.62. The second-order valence-corrected chi connectivity index (χ2v) is 7.92. The van der Waals surface area contributed by atoms with Gasteiger partial charge in [0, 0.05) is 14.8 Å². The summed E-state index contributed by atoms with van der Waals surface area (Å²) in [5.41, 5.74) is 1.86. The summed E-state index contributed by atoms with van der Waals surface area (Å²) in [6.45, 7) is 1.90. The lowest BCUT2D eigenvalue weighted by atomic mass is 10.1. The number of nitriles is 1. The summed E-state index contributed by atoms with van der Waals surface area (Å²) in [6, 6.07) is 26.7. The first-order valence-corrected chi connectivity index (χ1v) is 10.3. The Kier molecular flexibility index (Phi) is 7.13. The van der Waals surface area contributed by atoms with E-state index < -0.39 is 5.91 Å². The summed E-state index contributed by atoms with van der Waals surface area (Å²) in [6.07, 6.45) is 1.63. The van der Waals surface area contributed by atoms with Crippen molar-refractivity contribution in [2.45, 2.75) is 22.8 Å². The molecule has 0 saturated carbocycles. The molecule has 0 aliphatic rings. The molecule has 0 radical (unpaired) electrons. The Morgan fingerprint density at radius 3 is 2.38 bits per heavy atom. The molecule has 0 aromatic heterocycles. The van der Waals surface area contributed by atoms with Crippen LogP contribution in [0.4, 0.5) is 0 Å². The maximum atomic E-state index is 12.6. The zero-order chi connectivity index (χ0) is 20.6. The fraction of sp³-hybridized carbons (Fsp3) is 0.0833. The highest BCUT2D eigenvalue weighted by Crippen LogP contribution is 2.32. The number of carbonyl (C=O) groups is 1. The molecule has 1 N–H and O–H groups in total. The van der Waals surface area contributed by atoms with Crippen LogP contribution in [-0.2, 0) is 4.79 Å². The molecule has 3 rings (SSSR count). The first-order chi connectivity index (χ1) is 14.1. The minimum absolute atomic E-state index is 0.0666. The van der Waals surface area contributed by atoms with Crippen LogP contribution >= 0.6 is 23.4 Å². The van der Waals surface area contributed by atoms with Crippen LogP contribution in [0.2, 0.25) is 5.02 Å². The lowest BCUT2D eigenvalue weighted by Crippen LogP contribution is -2.27. The van der Waals surface area contributed by atoms with Gasteiger partial charge in [-0.1, -0.05) is 71.9 Å². The van der Waals surface area contributed by atoms with E-state index in [0.29, 0.717) is 5.02 Å². The van der Waals surface area contributed by atoms with Crippen molar-refractivity contribution in [1.29, 1.82) is 5.26 Å². The molecule has 0 unspecified atom stereocenters. The van der Waals surface area contributed by atoms with Crippen LogP contribution in [0.25, 0.3) is 6.08 Å². The average molecular weight is 419 g/mol. The summed E-state index contributed by atoms with van der Waals surface area (Å²) in [7, 11) is 0. The molecular formula is C24H19ClN2OS. The fourth-order valence-electron chi connectivity index (χ4n) is 2.73. The van der Waals surface area contributed by atoms with E-state index in [4.69, 9.17) is 11.6 Å². The van der Waals surface area contributed by atoms with Gasteiger partial charge in [0.2, 0.25) is 0 Å². The molecule has 0 fully saturated rings. The summed E-state index contributed by atoms with van der Waals surface area (Å²) in [5.74, 6) is -0.393. The number of hydrogen-bond donors (Lipinski definition) is 1. The van der Waals surface area contributed by atoms with E-state index in [0.717, 1.165) is 20.9 Å². The standard InChI is InChI=1S/C24H19ClN2OS/c1-17(18-7-3-2-4-8-18)27-24(28)20(16-26)15-19-9-5-6-10-23(19)29-22-13-11-21(25)12-14-22/h2-15,17H,1H3,(H,27,28)/b20-15+/t17-/m1/s1. The largest absolute Gasteiger partial charge is 0.345 e. The molecule has 0 saturated heterocycles. The lowest BCUT2D eigenvalue weighted by molar-refractivity contribution is -0.117. The summed E-state index contributed by atoms with van der Waals surface area (Å²) < 4.78 is 0. The molecule has 1 amide bonds.